The quantitative estimate of drug-likeness (QED) is 0.264. The molecule has 1 amide bonds. The Kier molecular flexibility index (Phi) is 9.96. The molecule has 0 bridgehead atoms. The van der Waals surface area contributed by atoms with E-state index in [0.717, 1.165) is 40.8 Å². The smallest absolute Gasteiger partial charge is 0.226 e. The number of pyridine rings is 1. The van der Waals surface area contributed by atoms with Crippen molar-refractivity contribution in [3.63, 3.8) is 0 Å². The van der Waals surface area contributed by atoms with Crippen molar-refractivity contribution in [2.24, 2.45) is 16.6 Å². The molecule has 35 heavy (non-hydrogen) atoms. The van der Waals surface area contributed by atoms with Crippen LogP contribution in [0.25, 0.3) is 22.4 Å². The van der Waals surface area contributed by atoms with Gasteiger partial charge in [-0.1, -0.05) is 66.7 Å². The lowest BCUT2D eigenvalue weighted by Crippen LogP contribution is -2.37. The van der Waals surface area contributed by atoms with Gasteiger partial charge in [-0.3, -0.25) is 15.1 Å². The number of hydrogen-bond acceptors (Lipinski definition) is 3. The van der Waals surface area contributed by atoms with Gasteiger partial charge in [0.25, 0.3) is 0 Å². The number of amides is 1. The molecule has 1 aliphatic carbocycles. The number of aliphatic imine (C=N–C) groups is 1. The standard InChI is InChI=1S/C27H28Cl2N4O.ClH/c28-22-10-6-20(7-11-22)24-14-19(16-31-26(24)21-8-12-23(29)13-9-21)17-32-27(30)33-25(34)15-18-4-2-1-3-5-18;/h6-14,16,18H,1-5,15,17H2,(H3,30,32,33,34);1H. The van der Waals surface area contributed by atoms with Crippen molar-refractivity contribution in [2.75, 3.05) is 0 Å². The number of nitrogens with zero attached hydrogens (tertiary/aromatic N) is 2. The molecule has 5 nitrogen and oxygen atoms in total. The summed E-state index contributed by atoms with van der Waals surface area (Å²) in [6, 6.07) is 17.3. The average Bonchev–Trinajstić information content (AvgIpc) is 2.84. The molecule has 3 N–H and O–H groups in total. The second-order valence-corrected chi connectivity index (χ2v) is 9.58. The minimum Gasteiger partial charge on any atom is -0.370 e. The van der Waals surface area contributed by atoms with Crippen LogP contribution < -0.4 is 11.1 Å². The maximum absolute atomic E-state index is 12.3. The Morgan fingerprint density at radius 1 is 0.971 bits per heavy atom. The van der Waals surface area contributed by atoms with Gasteiger partial charge in [0.2, 0.25) is 5.91 Å². The highest BCUT2D eigenvalue weighted by molar-refractivity contribution is 6.31. The Morgan fingerprint density at radius 3 is 2.20 bits per heavy atom. The summed E-state index contributed by atoms with van der Waals surface area (Å²) >= 11 is 12.2. The summed E-state index contributed by atoms with van der Waals surface area (Å²) in [5.41, 5.74) is 10.6. The van der Waals surface area contributed by atoms with Crippen molar-refractivity contribution in [3.8, 4) is 22.4 Å². The molecule has 0 unspecified atom stereocenters. The molecule has 0 saturated heterocycles. The van der Waals surface area contributed by atoms with E-state index in [9.17, 15) is 4.79 Å². The molecule has 184 valence electrons. The lowest BCUT2D eigenvalue weighted by Gasteiger charge is -2.20. The molecule has 2 aromatic carbocycles. The van der Waals surface area contributed by atoms with Crippen LogP contribution in [-0.2, 0) is 11.3 Å². The van der Waals surface area contributed by atoms with Crippen LogP contribution >= 0.6 is 35.6 Å². The van der Waals surface area contributed by atoms with E-state index in [-0.39, 0.29) is 24.3 Å². The maximum atomic E-state index is 12.3. The van der Waals surface area contributed by atoms with Crippen molar-refractivity contribution >= 4 is 47.5 Å². The number of nitrogens with two attached hydrogens (primary N) is 1. The van der Waals surface area contributed by atoms with Gasteiger partial charge in [-0.15, -0.1) is 12.4 Å². The monoisotopic (exact) mass is 530 g/mol. The van der Waals surface area contributed by atoms with Crippen LogP contribution in [0.15, 0.2) is 65.8 Å². The summed E-state index contributed by atoms with van der Waals surface area (Å²) in [6.45, 7) is 0.310. The zero-order chi connectivity index (χ0) is 23.9. The van der Waals surface area contributed by atoms with E-state index in [1.807, 2.05) is 54.6 Å². The summed E-state index contributed by atoms with van der Waals surface area (Å²) < 4.78 is 0. The highest BCUT2D eigenvalue weighted by atomic mass is 35.5. The SMILES string of the molecule is Cl.NC(=NCc1cnc(-c2ccc(Cl)cc2)c(-c2ccc(Cl)cc2)c1)NC(=O)CC1CCCCC1. The number of guanidine groups is 1. The fraction of sp³-hybridized carbons (Fsp3) is 0.296. The van der Waals surface area contributed by atoms with Gasteiger partial charge in [0.15, 0.2) is 5.96 Å². The number of nitrogens with one attached hydrogen (secondary N) is 1. The van der Waals surface area contributed by atoms with Crippen LogP contribution in [0.4, 0.5) is 0 Å². The fourth-order valence-electron chi connectivity index (χ4n) is 4.35. The van der Waals surface area contributed by atoms with Crippen LogP contribution in [0.2, 0.25) is 10.0 Å². The van der Waals surface area contributed by atoms with Crippen LogP contribution in [0, 0.1) is 5.92 Å². The number of benzene rings is 2. The topological polar surface area (TPSA) is 80.4 Å². The lowest BCUT2D eigenvalue weighted by atomic mass is 9.87. The van der Waals surface area contributed by atoms with Gasteiger partial charge in [0, 0.05) is 33.8 Å². The van der Waals surface area contributed by atoms with Crippen molar-refractivity contribution in [1.82, 2.24) is 10.3 Å². The lowest BCUT2D eigenvalue weighted by molar-refractivity contribution is -0.120. The van der Waals surface area contributed by atoms with Crippen molar-refractivity contribution in [1.29, 1.82) is 0 Å². The highest BCUT2D eigenvalue weighted by Gasteiger charge is 2.17. The average molecular weight is 532 g/mol. The van der Waals surface area contributed by atoms with Gasteiger partial charge < -0.3 is 5.73 Å². The first kappa shape index (κ1) is 27.0. The third-order valence-corrected chi connectivity index (χ3v) is 6.62. The largest absolute Gasteiger partial charge is 0.370 e. The Morgan fingerprint density at radius 2 is 1.57 bits per heavy atom. The van der Waals surface area contributed by atoms with Crippen LogP contribution in [0.3, 0.4) is 0 Å². The Labute approximate surface area is 222 Å². The molecule has 1 saturated carbocycles. The summed E-state index contributed by atoms with van der Waals surface area (Å²) in [5.74, 6) is 0.523. The predicted octanol–water partition coefficient (Wildman–Crippen LogP) is 7.05. The zero-order valence-electron chi connectivity index (χ0n) is 19.3. The maximum Gasteiger partial charge on any atom is 0.226 e. The van der Waals surface area contributed by atoms with E-state index in [0.29, 0.717) is 28.9 Å². The van der Waals surface area contributed by atoms with E-state index in [4.69, 9.17) is 33.9 Å². The number of rotatable bonds is 6. The molecule has 8 heteroatoms. The summed E-state index contributed by atoms with van der Waals surface area (Å²) in [6.07, 6.45) is 8.20. The highest BCUT2D eigenvalue weighted by Crippen LogP contribution is 2.32. The van der Waals surface area contributed by atoms with Crippen molar-refractivity contribution < 1.29 is 4.79 Å². The molecule has 1 aliphatic rings. The third kappa shape index (κ3) is 7.69. The van der Waals surface area contributed by atoms with Gasteiger partial charge in [0.05, 0.1) is 12.2 Å². The Hall–Kier alpha value is -2.60. The third-order valence-electron chi connectivity index (χ3n) is 6.12. The first-order valence-electron chi connectivity index (χ1n) is 11.6. The summed E-state index contributed by atoms with van der Waals surface area (Å²) in [7, 11) is 0. The zero-order valence-corrected chi connectivity index (χ0v) is 21.7. The number of carbonyl (C=O) groups is 1. The van der Waals surface area contributed by atoms with E-state index in [2.05, 4.69) is 10.3 Å². The predicted molar refractivity (Wildman–Crippen MR) is 147 cm³/mol. The fourth-order valence-corrected chi connectivity index (χ4v) is 4.60. The van der Waals surface area contributed by atoms with Crippen LogP contribution in [0.1, 0.15) is 44.1 Å². The first-order chi connectivity index (χ1) is 16.5. The van der Waals surface area contributed by atoms with Crippen molar-refractivity contribution in [3.05, 3.63) is 76.4 Å². The molecule has 3 aromatic rings. The van der Waals surface area contributed by atoms with Gasteiger partial charge in [-0.2, -0.15) is 0 Å². The van der Waals surface area contributed by atoms with Crippen LogP contribution in [0.5, 0.6) is 0 Å². The molecule has 1 fully saturated rings. The normalized spacial score (nSPS) is 14.3. The molecule has 0 aliphatic heterocycles. The second-order valence-electron chi connectivity index (χ2n) is 8.71. The van der Waals surface area contributed by atoms with E-state index in [1.165, 1.54) is 19.3 Å². The summed E-state index contributed by atoms with van der Waals surface area (Å²) in [4.78, 5) is 21.4. The molecule has 4 rings (SSSR count). The molecular formula is C27H29Cl3N4O. The van der Waals surface area contributed by atoms with E-state index >= 15 is 0 Å². The first-order valence-corrected chi connectivity index (χ1v) is 12.3. The minimum absolute atomic E-state index is 0. The van der Waals surface area contributed by atoms with Crippen LogP contribution in [-0.4, -0.2) is 16.9 Å². The molecule has 1 aromatic heterocycles. The van der Waals surface area contributed by atoms with Gasteiger partial charge >= 0.3 is 0 Å². The second kappa shape index (κ2) is 12.9. The van der Waals surface area contributed by atoms with Gasteiger partial charge in [-0.25, -0.2) is 4.99 Å². The van der Waals surface area contributed by atoms with Gasteiger partial charge in [-0.05, 0) is 60.2 Å². The minimum atomic E-state index is -0.0637. The van der Waals surface area contributed by atoms with Gasteiger partial charge in [0.1, 0.15) is 0 Å². The van der Waals surface area contributed by atoms with E-state index < -0.39 is 0 Å². The number of hydrogen-bond donors (Lipinski definition) is 2. The molecule has 1 heterocycles. The Balaban J connectivity index is 0.00000342. The van der Waals surface area contributed by atoms with Crippen molar-refractivity contribution in [2.45, 2.75) is 45.1 Å². The molecule has 0 atom stereocenters. The van der Waals surface area contributed by atoms with E-state index in [1.54, 1.807) is 6.20 Å². The molecule has 0 spiro atoms. The molecular weight excluding hydrogens is 503 g/mol. The Bertz CT molecular complexity index is 1160. The number of carbonyl (C=O) groups excluding carboxylic acids is 1. The number of aromatic nitrogens is 1. The summed E-state index contributed by atoms with van der Waals surface area (Å²) in [5, 5.41) is 4.07. The number of halogens is 3. The molecule has 0 radical (unpaired) electrons.